The third-order valence-corrected chi connectivity index (χ3v) is 6.79. The molecule has 6 atom stereocenters. The molecule has 0 aliphatic heterocycles. The summed E-state index contributed by atoms with van der Waals surface area (Å²) in [6.07, 6.45) is 9.06. The minimum atomic E-state index is -1.74. The molecule has 8 heteroatoms. The highest BCUT2D eigenvalue weighted by Gasteiger charge is 2.44. The molecule has 2 N–H and O–H groups in total. The monoisotopic (exact) mass is 459 g/mol. The number of carbonyl (C=O) groups excluding carboxylic acids is 2. The van der Waals surface area contributed by atoms with Crippen LogP contribution in [0, 0.1) is 5.41 Å². The maximum absolute atomic E-state index is 13.9. The van der Waals surface area contributed by atoms with E-state index >= 15 is 0 Å². The summed E-state index contributed by atoms with van der Waals surface area (Å²) >= 11 is 0. The molecule has 0 bridgehead atoms. The van der Waals surface area contributed by atoms with Crippen LogP contribution in [0.25, 0.3) is 0 Å². The number of halogens is 1. The number of ketones is 1. The maximum Gasteiger partial charge on any atom is 0.244 e. The molecule has 176 valence electrons. The first-order valence-electron chi connectivity index (χ1n) is 11.6. The van der Waals surface area contributed by atoms with E-state index in [1.54, 1.807) is 13.0 Å². The van der Waals surface area contributed by atoms with Crippen molar-refractivity contribution in [1.29, 1.82) is 0 Å². The van der Waals surface area contributed by atoms with Gasteiger partial charge in [-0.1, -0.05) is 55.6 Å². The summed E-state index contributed by atoms with van der Waals surface area (Å²) in [5, 5.41) is 12.5. The lowest BCUT2D eigenvalue weighted by Gasteiger charge is -2.45. The van der Waals surface area contributed by atoms with E-state index < -0.39 is 41.7 Å². The van der Waals surface area contributed by atoms with Crippen molar-refractivity contribution in [2.24, 2.45) is 5.41 Å². The average molecular weight is 459 g/mol. The van der Waals surface area contributed by atoms with Crippen molar-refractivity contribution >= 4 is 35.2 Å². The van der Waals surface area contributed by atoms with E-state index in [0.29, 0.717) is 12.0 Å². The second-order valence-electron chi connectivity index (χ2n) is 10.0. The Balaban J connectivity index is 2.02. The van der Waals surface area contributed by atoms with Crippen LogP contribution in [0.5, 0.6) is 0 Å². The number of Topliss-reactive ketones (excluding diaryl/α,β-unsaturated/α-hetero) is 1. The Kier molecular flexibility index (Phi) is 9.58. The summed E-state index contributed by atoms with van der Waals surface area (Å²) in [6.45, 7) is 9.91. The van der Waals surface area contributed by atoms with Crippen LogP contribution in [0.15, 0.2) is 58.7 Å². The second kappa shape index (κ2) is 11.6. The van der Waals surface area contributed by atoms with Gasteiger partial charge in [0.2, 0.25) is 5.91 Å². The summed E-state index contributed by atoms with van der Waals surface area (Å²) in [5.74, 6) is -3.35. The number of aliphatic hydroxyl groups excluding tert-OH is 1. The van der Waals surface area contributed by atoms with Gasteiger partial charge in [-0.05, 0) is 61.0 Å². The number of carbonyl (C=O) groups is 2. The number of amides is 1. The largest absolute Gasteiger partial charge is 0.391 e. The van der Waals surface area contributed by atoms with Gasteiger partial charge in [-0.3, -0.25) is 9.59 Å². The molecule has 0 spiro atoms. The third-order valence-electron chi connectivity index (χ3n) is 6.79. The Labute approximate surface area is 207 Å². The summed E-state index contributed by atoms with van der Waals surface area (Å²) in [4.78, 5) is 24.5. The number of rotatable bonds is 6. The number of allylic oxidation sites excluding steroid dienone is 9. The number of aliphatic hydroxyl groups is 1. The molecule has 0 aromatic carbocycles. The smallest absolute Gasteiger partial charge is 0.244 e. The van der Waals surface area contributed by atoms with Gasteiger partial charge in [0.1, 0.15) is 6.17 Å². The van der Waals surface area contributed by atoms with Crippen LogP contribution >= 0.6 is 0 Å². The molecule has 2 rings (SSSR count). The second-order valence-corrected chi connectivity index (χ2v) is 10.0. The first-order chi connectivity index (χ1) is 15.8. The number of hydrogen-bond donors (Lipinski definition) is 2. The molecule has 6 unspecified atom stereocenters. The molecule has 1 saturated carbocycles. The predicted molar refractivity (Wildman–Crippen MR) is 138 cm³/mol. The van der Waals surface area contributed by atoms with E-state index in [2.05, 4.69) is 19.2 Å². The summed E-state index contributed by atoms with van der Waals surface area (Å²) in [7, 11) is 17.5. The number of hydrogen-bond acceptors (Lipinski definition) is 3. The topological polar surface area (TPSA) is 66.4 Å². The minimum absolute atomic E-state index is 0.0359. The molecule has 6 radical (unpaired) electrons. The highest BCUT2D eigenvalue weighted by Crippen LogP contribution is 2.42. The van der Waals surface area contributed by atoms with E-state index in [9.17, 15) is 19.1 Å². The van der Waals surface area contributed by atoms with Gasteiger partial charge in [0, 0.05) is 18.5 Å². The van der Waals surface area contributed by atoms with Crippen molar-refractivity contribution in [2.75, 3.05) is 0 Å². The summed E-state index contributed by atoms with van der Waals surface area (Å²) < 4.78 is 13.9. The van der Waals surface area contributed by atoms with Gasteiger partial charge < -0.3 is 10.4 Å². The molecule has 34 heavy (non-hydrogen) atoms. The van der Waals surface area contributed by atoms with Crippen LogP contribution < -0.4 is 5.32 Å². The highest BCUT2D eigenvalue weighted by molar-refractivity contribution is 6.24. The van der Waals surface area contributed by atoms with Crippen molar-refractivity contribution < 1.29 is 19.1 Å². The molecule has 1 fully saturated rings. The fourth-order valence-electron chi connectivity index (χ4n) is 4.39. The van der Waals surface area contributed by atoms with Crippen molar-refractivity contribution in [3.05, 3.63) is 58.7 Å². The fourth-order valence-corrected chi connectivity index (χ4v) is 4.39. The Morgan fingerprint density at radius 2 is 1.76 bits per heavy atom. The summed E-state index contributed by atoms with van der Waals surface area (Å²) in [6, 6.07) is -0.849. The maximum atomic E-state index is 13.9. The first-order valence-corrected chi connectivity index (χ1v) is 11.6. The summed E-state index contributed by atoms with van der Waals surface area (Å²) in [5.41, 5.74) is 3.52. The van der Waals surface area contributed by atoms with Gasteiger partial charge in [-0.25, -0.2) is 4.39 Å². The number of nitrogens with one attached hydrogen (secondary N) is 1. The normalized spacial score (nSPS) is 33.1. The van der Waals surface area contributed by atoms with Crippen LogP contribution in [-0.4, -0.2) is 58.7 Å². The van der Waals surface area contributed by atoms with Gasteiger partial charge >= 0.3 is 0 Å². The Hall–Kier alpha value is -2.08. The minimum Gasteiger partial charge on any atom is -0.391 e. The molecular weight excluding hydrogens is 426 g/mol. The zero-order valence-electron chi connectivity index (χ0n) is 20.7. The van der Waals surface area contributed by atoms with Gasteiger partial charge in [-0.2, -0.15) is 0 Å². The Morgan fingerprint density at radius 1 is 1.12 bits per heavy atom. The highest BCUT2D eigenvalue weighted by atomic mass is 19.1. The Bertz CT molecular complexity index is 935. The molecule has 0 aromatic rings. The van der Waals surface area contributed by atoms with Gasteiger partial charge in [0.15, 0.2) is 5.78 Å². The van der Waals surface area contributed by atoms with E-state index in [0.717, 1.165) is 23.1 Å². The zero-order chi connectivity index (χ0) is 25.8. The fraction of sp³-hybridized carbons (Fsp3) is 0.538. The van der Waals surface area contributed by atoms with Crippen LogP contribution in [-0.2, 0) is 9.59 Å². The van der Waals surface area contributed by atoms with Crippen LogP contribution in [0.1, 0.15) is 47.5 Å². The quantitative estimate of drug-likeness (QED) is 0.362. The van der Waals surface area contributed by atoms with Gasteiger partial charge in [0.05, 0.1) is 29.6 Å². The molecule has 2 aliphatic rings. The van der Waals surface area contributed by atoms with Crippen LogP contribution in [0.3, 0.4) is 0 Å². The molecule has 1 amide bonds. The molecule has 0 heterocycles. The SMILES string of the molecule is [B]C1C([B])C(NC(=O)/C=C(C)/C=C/C=C(C)/C=C/C2=C(C)C(=O)CCC2(C)C)C([B])C(O)C1F. The molecule has 4 nitrogen and oxygen atoms in total. The lowest BCUT2D eigenvalue weighted by molar-refractivity contribution is -0.118. The van der Waals surface area contributed by atoms with E-state index in [4.69, 9.17) is 23.5 Å². The van der Waals surface area contributed by atoms with Crippen molar-refractivity contribution in [1.82, 2.24) is 5.32 Å². The number of alkyl halides is 1. The molecule has 0 saturated heterocycles. The Morgan fingerprint density at radius 3 is 2.41 bits per heavy atom. The molecule has 2 aliphatic carbocycles. The van der Waals surface area contributed by atoms with Gasteiger partial charge in [0.25, 0.3) is 0 Å². The first kappa shape index (κ1) is 28.2. The predicted octanol–water partition coefficient (Wildman–Crippen LogP) is 3.77. The zero-order valence-corrected chi connectivity index (χ0v) is 20.7. The van der Waals surface area contributed by atoms with Crippen molar-refractivity contribution in [3.63, 3.8) is 0 Å². The third kappa shape index (κ3) is 6.75. The van der Waals surface area contributed by atoms with Crippen LogP contribution in [0.4, 0.5) is 4.39 Å². The van der Waals surface area contributed by atoms with E-state index in [1.165, 1.54) is 6.08 Å². The van der Waals surface area contributed by atoms with Crippen LogP contribution in [0.2, 0.25) is 17.5 Å². The standard InChI is InChI=1S/C26H33B3FNO3/c1-14(9-10-17-16(3)18(32)11-12-26(17,4)5)7-6-8-15(2)13-19(33)31-24-21(28)20(27)23(30)25(34)22(24)29/h6-10,13,20-25,34H,11-12H2,1-5H3,(H,31,33)/b8-6+,10-9+,14-7+,15-13+. The lowest BCUT2D eigenvalue weighted by atomic mass is 9.50. The van der Waals surface area contributed by atoms with E-state index in [1.807, 2.05) is 38.2 Å². The van der Waals surface area contributed by atoms with Gasteiger partial charge in [-0.15, -0.1) is 0 Å². The lowest BCUT2D eigenvalue weighted by Crippen LogP contribution is -2.53. The van der Waals surface area contributed by atoms with Crippen molar-refractivity contribution in [2.45, 2.75) is 83.2 Å². The molecule has 0 aromatic heterocycles. The van der Waals surface area contributed by atoms with Crippen molar-refractivity contribution in [3.8, 4) is 0 Å². The van der Waals surface area contributed by atoms with E-state index in [-0.39, 0.29) is 11.2 Å². The average Bonchev–Trinajstić information content (AvgIpc) is 2.76. The molecular formula is C26H33B3FNO3.